The minimum atomic E-state index is -0.505. The van der Waals surface area contributed by atoms with E-state index in [9.17, 15) is 5.11 Å². The quantitative estimate of drug-likeness (QED) is 0.772. The number of halogens is 1. The molecule has 0 aliphatic heterocycles. The molecule has 2 atom stereocenters. The molecule has 2 N–H and O–H groups in total. The molecular weight excluding hydrogens is 262 g/mol. The largest absolute Gasteiger partial charge is 0.491 e. The molecule has 0 aromatic heterocycles. The second kappa shape index (κ2) is 8.41. The molecule has 108 valence electrons. The summed E-state index contributed by atoms with van der Waals surface area (Å²) in [6, 6.07) is 7.13. The molecule has 1 aromatic carbocycles. The fraction of sp³-hybridized carbons (Fsp3) is 0.600. The predicted molar refractivity (Wildman–Crippen MR) is 79.8 cm³/mol. The lowest BCUT2D eigenvalue weighted by Gasteiger charge is -2.18. The fourth-order valence-corrected chi connectivity index (χ4v) is 1.62. The number of hydrogen-bond donors (Lipinski definition) is 2. The van der Waals surface area contributed by atoms with Gasteiger partial charge in [0.15, 0.2) is 0 Å². The van der Waals surface area contributed by atoms with Gasteiger partial charge in [-0.1, -0.05) is 32.4 Å². The Morgan fingerprint density at radius 3 is 2.37 bits per heavy atom. The highest BCUT2D eigenvalue weighted by Crippen LogP contribution is 2.15. The lowest BCUT2D eigenvalue weighted by molar-refractivity contribution is 0.105. The van der Waals surface area contributed by atoms with Gasteiger partial charge in [0.05, 0.1) is 0 Å². The van der Waals surface area contributed by atoms with Gasteiger partial charge in [-0.05, 0) is 42.6 Å². The van der Waals surface area contributed by atoms with Crippen molar-refractivity contribution in [2.45, 2.75) is 26.9 Å². The summed E-state index contributed by atoms with van der Waals surface area (Å²) >= 11 is 5.78. The zero-order chi connectivity index (χ0) is 14.3. The highest BCUT2D eigenvalue weighted by molar-refractivity contribution is 6.30. The number of benzene rings is 1. The molecule has 0 spiro atoms. The first-order valence-electron chi connectivity index (χ1n) is 6.76. The summed E-state index contributed by atoms with van der Waals surface area (Å²) in [7, 11) is 0. The average molecular weight is 286 g/mol. The van der Waals surface area contributed by atoms with Crippen LogP contribution in [0, 0.1) is 11.8 Å². The monoisotopic (exact) mass is 285 g/mol. The molecule has 0 saturated carbocycles. The maximum atomic E-state index is 9.80. The number of ether oxygens (including phenoxy) is 1. The van der Waals surface area contributed by atoms with Crippen LogP contribution in [0.4, 0.5) is 0 Å². The normalized spacial score (nSPS) is 14.4. The minimum Gasteiger partial charge on any atom is -0.491 e. The van der Waals surface area contributed by atoms with Gasteiger partial charge in [-0.15, -0.1) is 0 Å². The van der Waals surface area contributed by atoms with Crippen LogP contribution in [0.5, 0.6) is 5.75 Å². The molecule has 1 rings (SSSR count). The van der Waals surface area contributed by atoms with Crippen LogP contribution in [0.25, 0.3) is 0 Å². The van der Waals surface area contributed by atoms with Gasteiger partial charge in [0.25, 0.3) is 0 Å². The minimum absolute atomic E-state index is 0.282. The molecule has 3 nitrogen and oxygen atoms in total. The topological polar surface area (TPSA) is 41.5 Å². The number of rotatable bonds is 8. The van der Waals surface area contributed by atoms with Crippen molar-refractivity contribution in [3.63, 3.8) is 0 Å². The molecule has 0 amide bonds. The SMILES string of the molecule is CC(C)C(C)CNCC(O)COc1ccc(Cl)cc1. The third kappa shape index (κ3) is 6.81. The molecule has 1 aromatic rings. The van der Waals surface area contributed by atoms with Crippen LogP contribution >= 0.6 is 11.6 Å². The van der Waals surface area contributed by atoms with Crippen molar-refractivity contribution in [2.24, 2.45) is 11.8 Å². The van der Waals surface area contributed by atoms with Gasteiger partial charge < -0.3 is 15.2 Å². The van der Waals surface area contributed by atoms with E-state index in [2.05, 4.69) is 26.1 Å². The first kappa shape index (κ1) is 16.3. The summed E-state index contributed by atoms with van der Waals surface area (Å²) in [5, 5.41) is 13.7. The highest BCUT2D eigenvalue weighted by Gasteiger charge is 2.09. The first-order valence-corrected chi connectivity index (χ1v) is 7.14. The summed E-state index contributed by atoms with van der Waals surface area (Å²) < 4.78 is 5.48. The second-order valence-corrected chi connectivity index (χ2v) is 5.73. The predicted octanol–water partition coefficient (Wildman–Crippen LogP) is 2.96. The molecule has 0 aliphatic rings. The number of hydrogen-bond acceptors (Lipinski definition) is 3. The fourth-order valence-electron chi connectivity index (χ4n) is 1.50. The van der Waals surface area contributed by atoms with Gasteiger partial charge in [0.1, 0.15) is 18.5 Å². The van der Waals surface area contributed by atoms with Crippen LogP contribution in [-0.4, -0.2) is 30.9 Å². The Labute approximate surface area is 120 Å². The lowest BCUT2D eigenvalue weighted by atomic mass is 9.98. The first-order chi connectivity index (χ1) is 8.99. The van der Waals surface area contributed by atoms with E-state index in [1.807, 2.05) is 0 Å². The van der Waals surface area contributed by atoms with Gasteiger partial charge in [0.2, 0.25) is 0 Å². The zero-order valence-corrected chi connectivity index (χ0v) is 12.7. The molecule has 19 heavy (non-hydrogen) atoms. The Bertz CT molecular complexity index is 354. The molecule has 0 saturated heterocycles. The number of aliphatic hydroxyl groups is 1. The number of aliphatic hydroxyl groups excluding tert-OH is 1. The lowest BCUT2D eigenvalue weighted by Crippen LogP contribution is -2.34. The molecular formula is C15H24ClNO2. The van der Waals surface area contributed by atoms with Crippen molar-refractivity contribution in [1.82, 2.24) is 5.32 Å². The number of nitrogens with one attached hydrogen (secondary N) is 1. The van der Waals surface area contributed by atoms with Crippen LogP contribution < -0.4 is 10.1 Å². The van der Waals surface area contributed by atoms with Crippen molar-refractivity contribution in [1.29, 1.82) is 0 Å². The van der Waals surface area contributed by atoms with E-state index < -0.39 is 6.10 Å². The van der Waals surface area contributed by atoms with Crippen molar-refractivity contribution in [3.05, 3.63) is 29.3 Å². The molecule has 0 heterocycles. The average Bonchev–Trinajstić information content (AvgIpc) is 2.37. The van der Waals surface area contributed by atoms with Gasteiger partial charge in [-0.25, -0.2) is 0 Å². The highest BCUT2D eigenvalue weighted by atomic mass is 35.5. The smallest absolute Gasteiger partial charge is 0.119 e. The summed E-state index contributed by atoms with van der Waals surface area (Å²) in [5.74, 6) is 1.97. The molecule has 4 heteroatoms. The van der Waals surface area contributed by atoms with E-state index in [0.29, 0.717) is 23.4 Å². The molecule has 0 fully saturated rings. The van der Waals surface area contributed by atoms with Gasteiger partial charge >= 0.3 is 0 Å². The Morgan fingerprint density at radius 1 is 1.16 bits per heavy atom. The Kier molecular flexibility index (Phi) is 7.21. The third-order valence-electron chi connectivity index (χ3n) is 3.24. The Morgan fingerprint density at radius 2 is 1.79 bits per heavy atom. The van der Waals surface area contributed by atoms with Crippen LogP contribution in [0.1, 0.15) is 20.8 Å². The van der Waals surface area contributed by atoms with Crippen LogP contribution in [-0.2, 0) is 0 Å². The molecule has 0 aliphatic carbocycles. The molecule has 0 bridgehead atoms. The van der Waals surface area contributed by atoms with Gasteiger partial charge in [-0.3, -0.25) is 0 Å². The van der Waals surface area contributed by atoms with Crippen molar-refractivity contribution < 1.29 is 9.84 Å². The van der Waals surface area contributed by atoms with Crippen LogP contribution in [0.2, 0.25) is 5.02 Å². The van der Waals surface area contributed by atoms with Gasteiger partial charge in [0, 0.05) is 11.6 Å². The molecule has 2 unspecified atom stereocenters. The standard InChI is InChI=1S/C15H24ClNO2/c1-11(2)12(3)8-17-9-14(18)10-19-15-6-4-13(16)5-7-15/h4-7,11-12,14,17-18H,8-10H2,1-3H3. The van der Waals surface area contributed by atoms with Crippen molar-refractivity contribution in [2.75, 3.05) is 19.7 Å². The summed E-state index contributed by atoms with van der Waals surface area (Å²) in [4.78, 5) is 0. The summed E-state index contributed by atoms with van der Waals surface area (Å²) in [6.07, 6.45) is -0.505. The van der Waals surface area contributed by atoms with E-state index in [-0.39, 0.29) is 6.61 Å². The Hall–Kier alpha value is -0.770. The maximum Gasteiger partial charge on any atom is 0.119 e. The Balaban J connectivity index is 2.17. The maximum absolute atomic E-state index is 9.80. The van der Waals surface area contributed by atoms with E-state index in [1.54, 1.807) is 24.3 Å². The van der Waals surface area contributed by atoms with Crippen LogP contribution in [0.15, 0.2) is 24.3 Å². The van der Waals surface area contributed by atoms with Crippen molar-refractivity contribution >= 4 is 11.6 Å². The van der Waals surface area contributed by atoms with E-state index >= 15 is 0 Å². The van der Waals surface area contributed by atoms with Crippen LogP contribution in [0.3, 0.4) is 0 Å². The van der Waals surface area contributed by atoms with E-state index in [1.165, 1.54) is 0 Å². The molecule has 0 radical (unpaired) electrons. The second-order valence-electron chi connectivity index (χ2n) is 5.30. The zero-order valence-electron chi connectivity index (χ0n) is 11.9. The summed E-state index contributed by atoms with van der Waals surface area (Å²) in [5.41, 5.74) is 0. The van der Waals surface area contributed by atoms with E-state index in [4.69, 9.17) is 16.3 Å². The summed E-state index contributed by atoms with van der Waals surface area (Å²) in [6.45, 7) is 8.35. The van der Waals surface area contributed by atoms with E-state index in [0.717, 1.165) is 12.3 Å². The van der Waals surface area contributed by atoms with Crippen molar-refractivity contribution in [3.8, 4) is 5.75 Å². The van der Waals surface area contributed by atoms with Gasteiger partial charge in [-0.2, -0.15) is 0 Å². The third-order valence-corrected chi connectivity index (χ3v) is 3.49.